The van der Waals surface area contributed by atoms with Gasteiger partial charge in [0.05, 0.1) is 5.02 Å². The smallest absolute Gasteiger partial charge is 0.142 e. The molecule has 0 amide bonds. The Bertz CT molecular complexity index is 501. The third kappa shape index (κ3) is 1.84. The fourth-order valence-electron chi connectivity index (χ4n) is 5.04. The molecule has 2 N–H and O–H groups in total. The normalized spacial score (nSPS) is 40.3. The van der Waals surface area contributed by atoms with E-state index in [-0.39, 0.29) is 16.9 Å². The van der Waals surface area contributed by atoms with Gasteiger partial charge in [-0.15, -0.1) is 0 Å². The average Bonchev–Trinajstić information content (AvgIpc) is 2.83. The van der Waals surface area contributed by atoms with E-state index in [0.29, 0.717) is 5.92 Å². The number of fused-ring (bicyclic) bond motifs is 5. The van der Waals surface area contributed by atoms with Crippen LogP contribution in [0, 0.1) is 35.4 Å². The highest BCUT2D eigenvalue weighted by Crippen LogP contribution is 2.70. The van der Waals surface area contributed by atoms with Crippen LogP contribution in [-0.4, -0.2) is 6.04 Å². The standard InChI is InChI=1S/C16H19ClFN/c17-11-4-1-8(5-12(11)18)6-13(19)16-14-9-2-3-10(7-9)15(14)16/h1,4-5,9-10,13-16H,2-3,6-7,19H2. The van der Waals surface area contributed by atoms with Crippen LogP contribution in [0.15, 0.2) is 18.2 Å². The van der Waals surface area contributed by atoms with Crippen LogP contribution in [-0.2, 0) is 6.42 Å². The monoisotopic (exact) mass is 279 g/mol. The zero-order valence-corrected chi connectivity index (χ0v) is 11.6. The third-order valence-corrected chi connectivity index (χ3v) is 6.05. The maximum atomic E-state index is 13.4. The highest BCUT2D eigenvalue weighted by atomic mass is 35.5. The van der Waals surface area contributed by atoms with Crippen molar-refractivity contribution in [3.8, 4) is 0 Å². The number of rotatable bonds is 3. The second kappa shape index (κ2) is 4.20. The van der Waals surface area contributed by atoms with E-state index in [1.54, 1.807) is 6.07 Å². The minimum atomic E-state index is -0.331. The number of halogens is 2. The Hall–Kier alpha value is -0.600. The van der Waals surface area contributed by atoms with Gasteiger partial charge in [0.25, 0.3) is 0 Å². The zero-order chi connectivity index (χ0) is 13.1. The molecule has 2 bridgehead atoms. The van der Waals surface area contributed by atoms with Crippen LogP contribution in [0.5, 0.6) is 0 Å². The summed E-state index contributed by atoms with van der Waals surface area (Å²) >= 11 is 5.71. The van der Waals surface area contributed by atoms with E-state index in [4.69, 9.17) is 17.3 Å². The molecule has 0 aliphatic heterocycles. The van der Waals surface area contributed by atoms with Crippen LogP contribution in [0.3, 0.4) is 0 Å². The van der Waals surface area contributed by atoms with Gasteiger partial charge < -0.3 is 5.73 Å². The lowest BCUT2D eigenvalue weighted by Gasteiger charge is -2.16. The second-order valence-corrected chi connectivity index (χ2v) is 7.09. The van der Waals surface area contributed by atoms with Crippen LogP contribution in [0.4, 0.5) is 4.39 Å². The van der Waals surface area contributed by atoms with Crippen molar-refractivity contribution in [1.29, 1.82) is 0 Å². The summed E-state index contributed by atoms with van der Waals surface area (Å²) in [5, 5.41) is 0.193. The van der Waals surface area contributed by atoms with Crippen molar-refractivity contribution in [3.63, 3.8) is 0 Å². The second-order valence-electron chi connectivity index (χ2n) is 6.68. The summed E-state index contributed by atoms with van der Waals surface area (Å²) in [4.78, 5) is 0. The van der Waals surface area contributed by atoms with E-state index in [2.05, 4.69) is 0 Å². The van der Waals surface area contributed by atoms with Gasteiger partial charge in [-0.1, -0.05) is 17.7 Å². The Kier molecular flexibility index (Phi) is 2.69. The number of hydrogen-bond donors (Lipinski definition) is 1. The Labute approximate surface area is 118 Å². The summed E-state index contributed by atoms with van der Waals surface area (Å²) in [7, 11) is 0. The molecule has 3 heteroatoms. The van der Waals surface area contributed by atoms with E-state index in [9.17, 15) is 4.39 Å². The van der Waals surface area contributed by atoms with E-state index in [1.165, 1.54) is 25.3 Å². The van der Waals surface area contributed by atoms with Gasteiger partial charge in [0.2, 0.25) is 0 Å². The molecule has 3 aliphatic carbocycles. The molecule has 4 rings (SSSR count). The van der Waals surface area contributed by atoms with Crippen molar-refractivity contribution in [2.24, 2.45) is 35.3 Å². The zero-order valence-electron chi connectivity index (χ0n) is 10.9. The molecule has 1 aromatic rings. The van der Waals surface area contributed by atoms with Crippen molar-refractivity contribution in [2.45, 2.75) is 31.7 Å². The lowest BCUT2D eigenvalue weighted by molar-refractivity contribution is 0.409. The van der Waals surface area contributed by atoms with Crippen molar-refractivity contribution in [2.75, 3.05) is 0 Å². The lowest BCUT2D eigenvalue weighted by atomic mass is 9.94. The van der Waals surface area contributed by atoms with Crippen LogP contribution >= 0.6 is 11.6 Å². The predicted octanol–water partition coefficient (Wildman–Crippen LogP) is 3.64. The molecule has 0 radical (unpaired) electrons. The molecular formula is C16H19ClFN. The summed E-state index contributed by atoms with van der Waals surface area (Å²) in [5.74, 6) is 4.06. The average molecular weight is 280 g/mol. The molecule has 0 aromatic heterocycles. The molecule has 0 spiro atoms. The van der Waals surface area contributed by atoms with Crippen LogP contribution in [0.2, 0.25) is 5.02 Å². The first-order valence-corrected chi connectivity index (χ1v) is 7.72. The van der Waals surface area contributed by atoms with Crippen LogP contribution < -0.4 is 5.73 Å². The lowest BCUT2D eigenvalue weighted by Crippen LogP contribution is -2.28. The Balaban J connectivity index is 1.45. The fourth-order valence-corrected chi connectivity index (χ4v) is 5.16. The number of hydrogen-bond acceptors (Lipinski definition) is 1. The maximum Gasteiger partial charge on any atom is 0.142 e. The maximum absolute atomic E-state index is 13.4. The van der Waals surface area contributed by atoms with Gasteiger partial charge in [-0.3, -0.25) is 0 Å². The highest BCUT2D eigenvalue weighted by Gasteiger charge is 2.65. The first-order chi connectivity index (χ1) is 9.15. The van der Waals surface area contributed by atoms with Gasteiger partial charge >= 0.3 is 0 Å². The predicted molar refractivity (Wildman–Crippen MR) is 74.4 cm³/mol. The molecular weight excluding hydrogens is 261 g/mol. The molecule has 0 heterocycles. The van der Waals surface area contributed by atoms with E-state index in [0.717, 1.165) is 35.7 Å². The topological polar surface area (TPSA) is 26.0 Å². The van der Waals surface area contributed by atoms with E-state index in [1.807, 2.05) is 6.07 Å². The minimum absolute atomic E-state index is 0.193. The minimum Gasteiger partial charge on any atom is -0.327 e. The molecule has 1 aromatic carbocycles. The van der Waals surface area contributed by atoms with E-state index < -0.39 is 0 Å². The molecule has 5 unspecified atom stereocenters. The molecule has 5 atom stereocenters. The summed E-state index contributed by atoms with van der Waals surface area (Å²) in [6.07, 6.45) is 5.08. The summed E-state index contributed by atoms with van der Waals surface area (Å²) in [6.45, 7) is 0. The van der Waals surface area contributed by atoms with Gasteiger partial charge in [0, 0.05) is 6.04 Å². The Morgan fingerprint density at radius 3 is 2.58 bits per heavy atom. The number of nitrogens with two attached hydrogens (primary N) is 1. The first-order valence-electron chi connectivity index (χ1n) is 7.34. The van der Waals surface area contributed by atoms with Gasteiger partial charge in [0.1, 0.15) is 5.82 Å². The molecule has 3 saturated carbocycles. The van der Waals surface area contributed by atoms with Crippen LogP contribution in [0.25, 0.3) is 0 Å². The van der Waals surface area contributed by atoms with Crippen molar-refractivity contribution in [3.05, 3.63) is 34.6 Å². The Morgan fingerprint density at radius 1 is 1.26 bits per heavy atom. The molecule has 3 fully saturated rings. The molecule has 3 aliphatic rings. The third-order valence-electron chi connectivity index (χ3n) is 5.74. The number of benzene rings is 1. The Morgan fingerprint density at radius 2 is 1.95 bits per heavy atom. The SMILES string of the molecule is NC(Cc1ccc(Cl)c(F)c1)C1C2C3CCC(C3)C12. The summed E-state index contributed by atoms with van der Waals surface area (Å²) in [6, 6.07) is 5.27. The molecule has 102 valence electrons. The quantitative estimate of drug-likeness (QED) is 0.898. The van der Waals surface area contributed by atoms with Crippen LogP contribution in [0.1, 0.15) is 24.8 Å². The van der Waals surface area contributed by atoms with Crippen molar-refractivity contribution < 1.29 is 4.39 Å². The van der Waals surface area contributed by atoms with Crippen molar-refractivity contribution in [1.82, 2.24) is 0 Å². The highest BCUT2D eigenvalue weighted by molar-refractivity contribution is 6.30. The summed E-state index contributed by atoms with van der Waals surface area (Å²) < 4.78 is 13.4. The van der Waals surface area contributed by atoms with Gasteiger partial charge in [-0.25, -0.2) is 4.39 Å². The molecule has 19 heavy (non-hydrogen) atoms. The largest absolute Gasteiger partial charge is 0.327 e. The van der Waals surface area contributed by atoms with E-state index >= 15 is 0 Å². The van der Waals surface area contributed by atoms with Gasteiger partial charge in [-0.05, 0) is 73.0 Å². The van der Waals surface area contributed by atoms with Crippen molar-refractivity contribution >= 4 is 11.6 Å². The van der Waals surface area contributed by atoms with Gasteiger partial charge in [0.15, 0.2) is 0 Å². The first kappa shape index (κ1) is 12.2. The molecule has 0 saturated heterocycles. The van der Waals surface area contributed by atoms with Gasteiger partial charge in [-0.2, -0.15) is 0 Å². The fraction of sp³-hybridized carbons (Fsp3) is 0.625. The molecule has 1 nitrogen and oxygen atoms in total. The summed E-state index contributed by atoms with van der Waals surface area (Å²) in [5.41, 5.74) is 7.36.